The van der Waals surface area contributed by atoms with Gasteiger partial charge in [0.25, 0.3) is 0 Å². The first-order valence-electron chi connectivity index (χ1n) is 21.7. The maximum absolute atomic E-state index is 5.02. The molecule has 10 rings (SSSR count). The number of hydrogen-bond acceptors (Lipinski definition) is 6. The van der Waals surface area contributed by atoms with Crippen molar-refractivity contribution < 1.29 is 0 Å². The van der Waals surface area contributed by atoms with Crippen LogP contribution in [0.1, 0.15) is 5.56 Å². The lowest BCUT2D eigenvalue weighted by Gasteiger charge is -2.29. The largest absolute Gasteiger partial charge is 0.311 e. The van der Waals surface area contributed by atoms with Gasteiger partial charge in [-0.15, -0.1) is 0 Å². The lowest BCUT2D eigenvalue weighted by molar-refractivity contribution is 1.07. The molecule has 0 fully saturated rings. The maximum atomic E-state index is 5.02. The number of halogens is 3. The SMILES string of the molecule is Cc1ccc(N(c2ccc(I)cc2)c2ccc(N(c3ccc(-c4nc(-c5ccccc5)nc(-c5ccccc5)n4)cc3)c3ccc(N(c4ccc(I)cc4)c4ccc(I)cc4)cc3)cc2)cc1. The van der Waals surface area contributed by atoms with Gasteiger partial charge in [-0.1, -0.05) is 78.4 Å². The molecule has 324 valence electrons. The highest BCUT2D eigenvalue weighted by Gasteiger charge is 2.19. The molecule has 0 aliphatic rings. The average molecular weight is 1200 g/mol. The molecule has 1 aromatic heterocycles. The Labute approximate surface area is 432 Å². The zero-order chi connectivity index (χ0) is 45.7. The summed E-state index contributed by atoms with van der Waals surface area (Å²) in [6.45, 7) is 2.12. The summed E-state index contributed by atoms with van der Waals surface area (Å²) >= 11 is 7.09. The number of nitrogens with zero attached hydrogens (tertiary/aromatic N) is 6. The van der Waals surface area contributed by atoms with E-state index >= 15 is 0 Å². The summed E-state index contributed by atoms with van der Waals surface area (Å²) in [6, 6.07) is 81.0. The van der Waals surface area contributed by atoms with E-state index in [0.29, 0.717) is 17.5 Å². The Kier molecular flexibility index (Phi) is 13.4. The third-order valence-electron chi connectivity index (χ3n) is 11.4. The van der Waals surface area contributed by atoms with Gasteiger partial charge < -0.3 is 14.7 Å². The number of anilines is 9. The first-order valence-corrected chi connectivity index (χ1v) is 25.0. The minimum Gasteiger partial charge on any atom is -0.311 e. The normalized spacial score (nSPS) is 11.0. The van der Waals surface area contributed by atoms with Crippen LogP contribution in [0.15, 0.2) is 231 Å². The third-order valence-corrected chi connectivity index (χ3v) is 13.5. The lowest BCUT2D eigenvalue weighted by atomic mass is 10.1. The molecule has 0 bridgehead atoms. The standard InChI is InChI=1S/C58H41I3N6/c1-40-12-22-47(23-13-40)65(49-26-16-44(59)17-27-49)52-32-34-53(35-33-52)66(54-36-38-55(39-37-54)67(50-28-18-45(60)19-29-50)51-30-20-46(61)21-31-51)48-24-14-43(15-25-48)58-63-56(41-8-4-2-5-9-41)62-57(64-58)42-10-6-3-7-11-42/h2-39H,1H3. The van der Waals surface area contributed by atoms with Crippen LogP contribution >= 0.6 is 67.8 Å². The van der Waals surface area contributed by atoms with Gasteiger partial charge in [-0.2, -0.15) is 0 Å². The molecule has 0 unspecified atom stereocenters. The monoisotopic (exact) mass is 1200 g/mol. The van der Waals surface area contributed by atoms with Crippen molar-refractivity contribution >= 4 is 119 Å². The second kappa shape index (κ2) is 20.2. The van der Waals surface area contributed by atoms with E-state index in [1.165, 1.54) is 16.3 Å². The van der Waals surface area contributed by atoms with Crippen LogP contribution in [-0.2, 0) is 0 Å². The smallest absolute Gasteiger partial charge is 0.164 e. The zero-order valence-electron chi connectivity index (χ0n) is 36.3. The summed E-state index contributed by atoms with van der Waals surface area (Å²) in [6.07, 6.45) is 0. The molecule has 1 heterocycles. The van der Waals surface area contributed by atoms with Crippen LogP contribution in [0.4, 0.5) is 51.2 Å². The first kappa shape index (κ1) is 44.4. The molecule has 9 heteroatoms. The van der Waals surface area contributed by atoms with E-state index < -0.39 is 0 Å². The summed E-state index contributed by atoms with van der Waals surface area (Å²) in [5.74, 6) is 1.87. The highest BCUT2D eigenvalue weighted by Crippen LogP contribution is 2.42. The Hall–Kier alpha value is -6.42. The molecule has 0 N–H and O–H groups in total. The fraction of sp³-hybridized carbons (Fsp3) is 0.0172. The molecule has 0 aliphatic carbocycles. The Morgan fingerprint density at radius 2 is 0.463 bits per heavy atom. The van der Waals surface area contributed by atoms with Gasteiger partial charge in [-0.3, -0.25) is 0 Å². The van der Waals surface area contributed by atoms with Crippen molar-refractivity contribution in [2.24, 2.45) is 0 Å². The second-order valence-electron chi connectivity index (χ2n) is 15.9. The Morgan fingerprint density at radius 3 is 0.731 bits per heavy atom. The molecule has 0 amide bonds. The zero-order valence-corrected chi connectivity index (χ0v) is 42.7. The van der Waals surface area contributed by atoms with Crippen molar-refractivity contribution in [3.05, 3.63) is 247 Å². The van der Waals surface area contributed by atoms with Crippen LogP contribution in [0.25, 0.3) is 34.2 Å². The molecule has 10 aromatic rings. The second-order valence-corrected chi connectivity index (χ2v) is 19.6. The number of aryl methyl sites for hydroxylation is 1. The summed E-state index contributed by atoms with van der Waals surface area (Å²) in [5, 5.41) is 0. The van der Waals surface area contributed by atoms with Crippen LogP contribution in [0.5, 0.6) is 0 Å². The van der Waals surface area contributed by atoms with Crippen molar-refractivity contribution in [1.29, 1.82) is 0 Å². The maximum Gasteiger partial charge on any atom is 0.164 e. The molecular formula is C58H41I3N6. The van der Waals surface area contributed by atoms with Gasteiger partial charge in [0.15, 0.2) is 17.5 Å². The minimum atomic E-state index is 0.609. The molecule has 9 aromatic carbocycles. The van der Waals surface area contributed by atoms with Crippen molar-refractivity contribution in [1.82, 2.24) is 15.0 Å². The number of benzene rings is 9. The van der Waals surface area contributed by atoms with Crippen molar-refractivity contribution in [2.45, 2.75) is 6.92 Å². The van der Waals surface area contributed by atoms with Crippen molar-refractivity contribution in [2.75, 3.05) is 14.7 Å². The van der Waals surface area contributed by atoms with Gasteiger partial charge in [-0.25, -0.2) is 15.0 Å². The van der Waals surface area contributed by atoms with Gasteiger partial charge in [0.05, 0.1) is 0 Å². The van der Waals surface area contributed by atoms with Crippen molar-refractivity contribution in [3.8, 4) is 34.2 Å². The Bertz CT molecular complexity index is 2940. The summed E-state index contributed by atoms with van der Waals surface area (Å²) < 4.78 is 3.57. The molecular weight excluding hydrogens is 1160 g/mol. The van der Waals surface area contributed by atoms with Crippen LogP contribution < -0.4 is 14.7 Å². The van der Waals surface area contributed by atoms with Crippen LogP contribution in [0, 0.1) is 17.6 Å². The van der Waals surface area contributed by atoms with Crippen LogP contribution in [0.2, 0.25) is 0 Å². The first-order chi connectivity index (χ1) is 32.8. The van der Waals surface area contributed by atoms with E-state index in [1.54, 1.807) is 0 Å². The Balaban J connectivity index is 1.06. The quantitative estimate of drug-likeness (QED) is 0.114. The molecule has 0 saturated heterocycles. The van der Waals surface area contributed by atoms with E-state index in [-0.39, 0.29) is 0 Å². The molecule has 67 heavy (non-hydrogen) atoms. The fourth-order valence-electron chi connectivity index (χ4n) is 8.00. The predicted octanol–water partition coefficient (Wildman–Crippen LogP) is 17.4. The van der Waals surface area contributed by atoms with Crippen LogP contribution in [-0.4, -0.2) is 15.0 Å². The van der Waals surface area contributed by atoms with E-state index in [1.807, 2.05) is 60.7 Å². The van der Waals surface area contributed by atoms with Gasteiger partial charge in [0.2, 0.25) is 0 Å². The Morgan fingerprint density at radius 1 is 0.254 bits per heavy atom. The average Bonchev–Trinajstić information content (AvgIpc) is 3.38. The predicted molar refractivity (Wildman–Crippen MR) is 303 cm³/mol. The van der Waals surface area contributed by atoms with Gasteiger partial charge in [0.1, 0.15) is 0 Å². The summed E-state index contributed by atoms with van der Waals surface area (Å²) in [5.41, 5.74) is 13.5. The van der Waals surface area contributed by atoms with Crippen molar-refractivity contribution in [3.63, 3.8) is 0 Å². The van der Waals surface area contributed by atoms with Gasteiger partial charge in [-0.05, 0) is 232 Å². The number of rotatable bonds is 12. The molecule has 0 spiro atoms. The topological polar surface area (TPSA) is 48.4 Å². The third kappa shape index (κ3) is 10.1. The van der Waals surface area contributed by atoms with Crippen LogP contribution in [0.3, 0.4) is 0 Å². The number of aromatic nitrogens is 3. The molecule has 0 aliphatic heterocycles. The highest BCUT2D eigenvalue weighted by molar-refractivity contribution is 14.1. The van der Waals surface area contributed by atoms with E-state index in [4.69, 9.17) is 15.0 Å². The van der Waals surface area contributed by atoms with E-state index in [0.717, 1.165) is 67.9 Å². The van der Waals surface area contributed by atoms with E-state index in [9.17, 15) is 0 Å². The van der Waals surface area contributed by atoms with E-state index in [2.05, 4.69) is 259 Å². The fourth-order valence-corrected chi connectivity index (χ4v) is 9.08. The lowest BCUT2D eigenvalue weighted by Crippen LogP contribution is -2.13. The summed E-state index contributed by atoms with van der Waals surface area (Å²) in [4.78, 5) is 21.9. The molecule has 0 radical (unpaired) electrons. The minimum absolute atomic E-state index is 0.609. The molecule has 0 saturated carbocycles. The molecule has 6 nitrogen and oxygen atoms in total. The highest BCUT2D eigenvalue weighted by atomic mass is 127. The van der Waals surface area contributed by atoms with Gasteiger partial charge in [0, 0.05) is 78.6 Å². The molecule has 0 atom stereocenters. The summed E-state index contributed by atoms with van der Waals surface area (Å²) in [7, 11) is 0. The van der Waals surface area contributed by atoms with Gasteiger partial charge >= 0.3 is 0 Å². The number of hydrogen-bond donors (Lipinski definition) is 0.